The number of ether oxygens (including phenoxy) is 1. The average Bonchev–Trinajstić information content (AvgIpc) is 2.72. The zero-order chi connectivity index (χ0) is 20.1. The van der Waals surface area contributed by atoms with Gasteiger partial charge in [-0.2, -0.15) is 0 Å². The van der Waals surface area contributed by atoms with Crippen LogP contribution in [0.3, 0.4) is 0 Å². The van der Waals surface area contributed by atoms with Gasteiger partial charge in [-0.3, -0.25) is 0 Å². The number of carboxylic acids is 1. The molecule has 28 heavy (non-hydrogen) atoms. The zero-order valence-corrected chi connectivity index (χ0v) is 16.4. The van der Waals surface area contributed by atoms with Gasteiger partial charge in [0, 0.05) is 18.0 Å². The summed E-state index contributed by atoms with van der Waals surface area (Å²) in [6.45, 7) is 1.11. The second-order valence-corrected chi connectivity index (χ2v) is 7.53. The number of hydrogen-bond donors (Lipinski definition) is 1. The van der Waals surface area contributed by atoms with Gasteiger partial charge in [0.2, 0.25) is 0 Å². The highest BCUT2D eigenvalue weighted by Gasteiger charge is 2.28. The van der Waals surface area contributed by atoms with Crippen molar-refractivity contribution in [3.05, 3.63) is 65.0 Å². The van der Waals surface area contributed by atoms with E-state index in [4.69, 9.17) is 4.74 Å². The maximum atomic E-state index is 14.5. The van der Waals surface area contributed by atoms with Crippen LogP contribution in [0.5, 0.6) is 0 Å². The number of nitrogens with zero attached hydrogens (tertiary/aromatic N) is 1. The Morgan fingerprint density at radius 2 is 1.89 bits per heavy atom. The third kappa shape index (κ3) is 4.65. The van der Waals surface area contributed by atoms with Gasteiger partial charge in [-0.1, -0.05) is 30.3 Å². The van der Waals surface area contributed by atoms with Crippen molar-refractivity contribution >= 4 is 23.8 Å². The number of benzene rings is 2. The Hall–Kier alpha value is -2.54. The fourth-order valence-corrected chi connectivity index (χ4v) is 3.99. The number of amides is 1. The first-order valence-electron chi connectivity index (χ1n) is 9.06. The van der Waals surface area contributed by atoms with E-state index < -0.39 is 5.97 Å². The summed E-state index contributed by atoms with van der Waals surface area (Å²) in [7, 11) is 0. The predicted octanol–water partition coefficient (Wildman–Crippen LogP) is 4.76. The van der Waals surface area contributed by atoms with E-state index in [1.54, 1.807) is 11.2 Å². The minimum atomic E-state index is -1.06. The molecular formula is C21H22FNO4S. The molecule has 0 bridgehead atoms. The molecule has 1 N–H and O–H groups in total. The summed E-state index contributed by atoms with van der Waals surface area (Å²) in [6.07, 6.45) is 2.47. The lowest BCUT2D eigenvalue weighted by Crippen LogP contribution is -2.38. The Morgan fingerprint density at radius 3 is 2.50 bits per heavy atom. The van der Waals surface area contributed by atoms with Gasteiger partial charge < -0.3 is 14.7 Å². The van der Waals surface area contributed by atoms with E-state index in [0.717, 1.165) is 5.56 Å². The Kier molecular flexibility index (Phi) is 6.57. The SMILES string of the molecule is CSc1cc(F)c(C2CCN(C(=O)OCc3ccccc3)CC2)cc1C(=O)O. The summed E-state index contributed by atoms with van der Waals surface area (Å²) in [6, 6.07) is 12.2. The van der Waals surface area contributed by atoms with Crippen LogP contribution >= 0.6 is 11.8 Å². The van der Waals surface area contributed by atoms with Crippen molar-refractivity contribution in [1.82, 2.24) is 4.90 Å². The summed E-state index contributed by atoms with van der Waals surface area (Å²) in [5.41, 5.74) is 1.45. The molecule has 2 aromatic rings. The second-order valence-electron chi connectivity index (χ2n) is 6.68. The quantitative estimate of drug-likeness (QED) is 0.729. The van der Waals surface area contributed by atoms with Crippen molar-refractivity contribution in [3.8, 4) is 0 Å². The van der Waals surface area contributed by atoms with Crippen LogP contribution < -0.4 is 0 Å². The molecule has 0 aliphatic carbocycles. The van der Waals surface area contributed by atoms with Crippen molar-refractivity contribution in [3.63, 3.8) is 0 Å². The zero-order valence-electron chi connectivity index (χ0n) is 15.6. The largest absolute Gasteiger partial charge is 0.478 e. The van der Waals surface area contributed by atoms with Crippen molar-refractivity contribution < 1.29 is 23.8 Å². The summed E-state index contributed by atoms with van der Waals surface area (Å²) in [5.74, 6) is -1.57. The number of aromatic carboxylic acids is 1. The molecule has 3 rings (SSSR count). The molecule has 148 valence electrons. The van der Waals surface area contributed by atoms with Gasteiger partial charge in [-0.15, -0.1) is 11.8 Å². The van der Waals surface area contributed by atoms with Crippen LogP contribution in [0.25, 0.3) is 0 Å². The standard InChI is InChI=1S/C21H22FNO4S/c1-28-19-12-18(22)16(11-17(19)20(24)25)15-7-9-23(10-8-15)21(26)27-13-14-5-3-2-4-6-14/h2-6,11-12,15H,7-10,13H2,1H3,(H,24,25). The molecule has 0 atom stereocenters. The van der Waals surface area contributed by atoms with E-state index in [2.05, 4.69) is 0 Å². The molecule has 1 saturated heterocycles. The molecular weight excluding hydrogens is 381 g/mol. The number of halogens is 1. The van der Waals surface area contributed by atoms with E-state index in [9.17, 15) is 19.1 Å². The van der Waals surface area contributed by atoms with Crippen molar-refractivity contribution in [2.45, 2.75) is 30.3 Å². The maximum absolute atomic E-state index is 14.5. The number of hydrogen-bond acceptors (Lipinski definition) is 4. The molecule has 5 nitrogen and oxygen atoms in total. The highest BCUT2D eigenvalue weighted by atomic mass is 32.2. The van der Waals surface area contributed by atoms with E-state index in [-0.39, 0.29) is 30.0 Å². The highest BCUT2D eigenvalue weighted by Crippen LogP contribution is 2.34. The molecule has 0 aromatic heterocycles. The first kappa shape index (κ1) is 20.2. The van der Waals surface area contributed by atoms with Crippen LogP contribution in [0.15, 0.2) is 47.4 Å². The lowest BCUT2D eigenvalue weighted by atomic mass is 9.88. The fraction of sp³-hybridized carbons (Fsp3) is 0.333. The highest BCUT2D eigenvalue weighted by molar-refractivity contribution is 7.98. The summed E-state index contributed by atoms with van der Waals surface area (Å²) >= 11 is 1.21. The van der Waals surface area contributed by atoms with Gasteiger partial charge in [0.15, 0.2) is 0 Å². The third-order valence-electron chi connectivity index (χ3n) is 4.95. The average molecular weight is 403 g/mol. The molecule has 1 aliphatic rings. The Morgan fingerprint density at radius 1 is 1.21 bits per heavy atom. The van der Waals surface area contributed by atoms with Crippen LogP contribution in [0.2, 0.25) is 0 Å². The van der Waals surface area contributed by atoms with Gasteiger partial charge in [-0.05, 0) is 48.3 Å². The molecule has 1 aliphatic heterocycles. The molecule has 0 unspecified atom stereocenters. The van der Waals surface area contributed by atoms with E-state index in [1.807, 2.05) is 30.3 Å². The molecule has 1 heterocycles. The number of carboxylic acid groups (broad SMARTS) is 1. The summed E-state index contributed by atoms with van der Waals surface area (Å²) < 4.78 is 19.9. The number of carbonyl (C=O) groups excluding carboxylic acids is 1. The van der Waals surface area contributed by atoms with E-state index in [1.165, 1.54) is 23.9 Å². The van der Waals surface area contributed by atoms with E-state index in [0.29, 0.717) is 36.4 Å². The number of carbonyl (C=O) groups is 2. The van der Waals surface area contributed by atoms with Gasteiger partial charge in [0.25, 0.3) is 0 Å². The molecule has 1 amide bonds. The predicted molar refractivity (Wildman–Crippen MR) is 105 cm³/mol. The minimum absolute atomic E-state index is 0.118. The number of piperidine rings is 1. The lowest BCUT2D eigenvalue weighted by Gasteiger charge is -2.32. The van der Waals surface area contributed by atoms with Gasteiger partial charge in [-0.25, -0.2) is 14.0 Å². The smallest absolute Gasteiger partial charge is 0.410 e. The maximum Gasteiger partial charge on any atom is 0.410 e. The second kappa shape index (κ2) is 9.10. The van der Waals surface area contributed by atoms with E-state index >= 15 is 0 Å². The molecule has 0 radical (unpaired) electrons. The number of thioether (sulfide) groups is 1. The molecule has 0 saturated carbocycles. The van der Waals surface area contributed by atoms with Crippen molar-refractivity contribution in [2.75, 3.05) is 19.3 Å². The number of rotatable bonds is 5. The van der Waals surface area contributed by atoms with Gasteiger partial charge >= 0.3 is 12.1 Å². The molecule has 2 aromatic carbocycles. The Labute approximate surface area is 167 Å². The third-order valence-corrected chi connectivity index (χ3v) is 5.72. The summed E-state index contributed by atoms with van der Waals surface area (Å²) in [5, 5.41) is 9.37. The van der Waals surface area contributed by atoms with Crippen molar-refractivity contribution in [1.29, 1.82) is 0 Å². The normalized spacial score (nSPS) is 14.7. The topological polar surface area (TPSA) is 66.8 Å². The number of likely N-dealkylation sites (tertiary alicyclic amines) is 1. The Bertz CT molecular complexity index is 851. The van der Waals surface area contributed by atoms with Crippen LogP contribution in [-0.2, 0) is 11.3 Å². The first-order chi connectivity index (χ1) is 13.5. The van der Waals surface area contributed by atoms with Crippen LogP contribution in [0, 0.1) is 5.82 Å². The Balaban J connectivity index is 1.61. The minimum Gasteiger partial charge on any atom is -0.478 e. The lowest BCUT2D eigenvalue weighted by molar-refractivity contribution is 0.0692. The monoisotopic (exact) mass is 403 g/mol. The first-order valence-corrected chi connectivity index (χ1v) is 10.3. The van der Waals surface area contributed by atoms with Crippen LogP contribution in [0.4, 0.5) is 9.18 Å². The fourth-order valence-electron chi connectivity index (χ4n) is 3.40. The van der Waals surface area contributed by atoms with Gasteiger partial charge in [0.05, 0.1) is 5.56 Å². The van der Waals surface area contributed by atoms with Crippen LogP contribution in [-0.4, -0.2) is 41.4 Å². The van der Waals surface area contributed by atoms with Crippen LogP contribution in [0.1, 0.15) is 40.2 Å². The van der Waals surface area contributed by atoms with Crippen molar-refractivity contribution in [2.24, 2.45) is 0 Å². The molecule has 1 fully saturated rings. The summed E-state index contributed by atoms with van der Waals surface area (Å²) in [4.78, 5) is 25.7. The van der Waals surface area contributed by atoms with Gasteiger partial charge in [0.1, 0.15) is 12.4 Å². The molecule has 0 spiro atoms. The molecule has 7 heteroatoms.